The van der Waals surface area contributed by atoms with E-state index >= 15 is 0 Å². The Morgan fingerprint density at radius 2 is 1.64 bits per heavy atom. The van der Waals surface area contributed by atoms with Crippen LogP contribution < -0.4 is 4.72 Å². The molecular formula is C13H8I3NO4S. The van der Waals surface area contributed by atoms with Gasteiger partial charge in [-0.05, 0) is 98.1 Å². The first kappa shape index (κ1) is 18.2. The Morgan fingerprint density at radius 1 is 1.05 bits per heavy atom. The van der Waals surface area contributed by atoms with E-state index < -0.39 is 16.0 Å². The van der Waals surface area contributed by atoms with Crippen LogP contribution in [0.2, 0.25) is 0 Å². The summed E-state index contributed by atoms with van der Waals surface area (Å²) in [6, 6.07) is 8.83. The van der Waals surface area contributed by atoms with E-state index in [1.54, 1.807) is 12.1 Å². The van der Waals surface area contributed by atoms with Gasteiger partial charge < -0.3 is 5.11 Å². The van der Waals surface area contributed by atoms with Crippen LogP contribution in [0.3, 0.4) is 0 Å². The maximum absolute atomic E-state index is 12.4. The minimum atomic E-state index is -3.77. The van der Waals surface area contributed by atoms with Crippen molar-refractivity contribution in [1.82, 2.24) is 0 Å². The monoisotopic (exact) mass is 655 g/mol. The zero-order valence-electron chi connectivity index (χ0n) is 10.7. The van der Waals surface area contributed by atoms with Crippen molar-refractivity contribution in [2.45, 2.75) is 4.90 Å². The van der Waals surface area contributed by atoms with Crippen molar-refractivity contribution in [3.8, 4) is 0 Å². The molecule has 2 aromatic carbocycles. The molecule has 116 valence electrons. The maximum atomic E-state index is 12.4. The summed E-state index contributed by atoms with van der Waals surface area (Å²) < 4.78 is 29.9. The molecule has 0 saturated heterocycles. The van der Waals surface area contributed by atoms with Crippen LogP contribution in [0, 0.1) is 10.7 Å². The Labute approximate surface area is 168 Å². The minimum Gasteiger partial charge on any atom is -0.478 e. The molecule has 0 atom stereocenters. The van der Waals surface area contributed by atoms with E-state index in [1.807, 2.05) is 0 Å². The van der Waals surface area contributed by atoms with Gasteiger partial charge in [0, 0.05) is 16.4 Å². The molecule has 0 heterocycles. The Morgan fingerprint density at radius 3 is 2.18 bits per heavy atom. The molecule has 0 radical (unpaired) electrons. The van der Waals surface area contributed by atoms with E-state index in [9.17, 15) is 13.2 Å². The molecule has 0 amide bonds. The summed E-state index contributed by atoms with van der Waals surface area (Å²) in [5.74, 6) is -1.11. The van der Waals surface area contributed by atoms with E-state index in [2.05, 4.69) is 72.5 Å². The molecule has 0 unspecified atom stereocenters. The first-order valence-corrected chi connectivity index (χ1v) is 10.4. The number of hydrogen-bond donors (Lipinski definition) is 2. The van der Waals surface area contributed by atoms with Crippen LogP contribution in [-0.4, -0.2) is 19.5 Å². The van der Waals surface area contributed by atoms with Crippen molar-refractivity contribution in [1.29, 1.82) is 0 Å². The number of aromatic carboxylic acids is 1. The fourth-order valence-corrected chi connectivity index (χ4v) is 5.22. The van der Waals surface area contributed by atoms with Crippen molar-refractivity contribution in [2.75, 3.05) is 4.72 Å². The molecule has 0 aliphatic rings. The average Bonchev–Trinajstić information content (AvgIpc) is 2.44. The lowest BCUT2D eigenvalue weighted by Gasteiger charge is -2.10. The molecule has 0 aliphatic heterocycles. The molecule has 9 heteroatoms. The lowest BCUT2D eigenvalue weighted by atomic mass is 10.2. The SMILES string of the molecule is O=C(O)c1cccc(NS(=O)(=O)c2cc(I)c(I)c(I)c2)c1. The van der Waals surface area contributed by atoms with Crippen molar-refractivity contribution < 1.29 is 18.3 Å². The molecule has 2 rings (SSSR count). The van der Waals surface area contributed by atoms with Crippen LogP contribution >= 0.6 is 67.8 Å². The smallest absolute Gasteiger partial charge is 0.335 e. The third kappa shape index (κ3) is 4.23. The third-order valence-electron chi connectivity index (χ3n) is 2.63. The Hall–Kier alpha value is -0.150. The predicted octanol–water partition coefficient (Wildman–Crippen LogP) is 4.00. The molecule has 2 aromatic rings. The van der Waals surface area contributed by atoms with Gasteiger partial charge in [0.05, 0.1) is 10.5 Å². The van der Waals surface area contributed by atoms with Gasteiger partial charge in [0.1, 0.15) is 0 Å². The Kier molecular flexibility index (Phi) is 5.93. The summed E-state index contributed by atoms with van der Waals surface area (Å²) in [6.45, 7) is 0. The maximum Gasteiger partial charge on any atom is 0.335 e. The molecule has 0 aliphatic carbocycles. The van der Waals surface area contributed by atoms with Crippen molar-refractivity contribution in [3.63, 3.8) is 0 Å². The van der Waals surface area contributed by atoms with E-state index in [4.69, 9.17) is 5.11 Å². The Bertz CT molecular complexity index is 829. The number of carboxylic acids is 1. The van der Waals surface area contributed by atoms with Crippen molar-refractivity contribution in [3.05, 3.63) is 52.7 Å². The second kappa shape index (κ2) is 7.17. The number of halogens is 3. The molecule has 0 bridgehead atoms. The number of sulfonamides is 1. The van der Waals surface area contributed by atoms with Crippen LogP contribution in [0.5, 0.6) is 0 Å². The van der Waals surface area contributed by atoms with E-state index in [0.717, 1.165) is 10.7 Å². The number of hydrogen-bond acceptors (Lipinski definition) is 3. The molecule has 2 N–H and O–H groups in total. The highest BCUT2D eigenvalue weighted by molar-refractivity contribution is 14.1. The normalized spacial score (nSPS) is 11.2. The van der Waals surface area contributed by atoms with Crippen molar-refractivity contribution >= 4 is 89.5 Å². The first-order chi connectivity index (χ1) is 10.2. The molecule has 0 aromatic heterocycles. The summed E-state index contributed by atoms with van der Waals surface area (Å²) in [5.41, 5.74) is 0.232. The fraction of sp³-hybridized carbons (Fsp3) is 0. The Balaban J connectivity index is 2.40. The molecule has 0 fully saturated rings. The first-order valence-electron chi connectivity index (χ1n) is 5.71. The highest BCUT2D eigenvalue weighted by Crippen LogP contribution is 2.26. The molecular weight excluding hydrogens is 647 g/mol. The standard InChI is InChI=1S/C13H8I3NO4S/c14-10-5-9(6-11(15)12(10)16)22(20,21)17-8-3-1-2-7(4-8)13(18)19/h1-6,17H,(H,18,19). The van der Waals surface area contributed by atoms with Gasteiger partial charge >= 0.3 is 5.97 Å². The van der Waals surface area contributed by atoms with Gasteiger partial charge in [-0.2, -0.15) is 0 Å². The zero-order valence-corrected chi connectivity index (χ0v) is 18.0. The summed E-state index contributed by atoms with van der Waals surface area (Å²) in [6.07, 6.45) is 0. The van der Waals surface area contributed by atoms with Gasteiger partial charge in [0.2, 0.25) is 0 Å². The number of benzene rings is 2. The summed E-state index contributed by atoms with van der Waals surface area (Å²) in [7, 11) is -3.77. The van der Waals surface area contributed by atoms with E-state index in [-0.39, 0.29) is 16.1 Å². The fourth-order valence-electron chi connectivity index (χ4n) is 1.62. The average molecular weight is 655 g/mol. The second-order valence-corrected chi connectivity index (χ2v) is 9.28. The number of anilines is 1. The van der Waals surface area contributed by atoms with Crippen LogP contribution in [0.15, 0.2) is 41.3 Å². The zero-order chi connectivity index (χ0) is 16.5. The summed E-state index contributed by atoms with van der Waals surface area (Å²) in [4.78, 5) is 11.1. The van der Waals surface area contributed by atoms with Gasteiger partial charge in [-0.3, -0.25) is 4.72 Å². The molecule has 0 saturated carbocycles. The number of nitrogens with one attached hydrogen (secondary N) is 1. The van der Waals surface area contributed by atoms with Crippen molar-refractivity contribution in [2.24, 2.45) is 0 Å². The topological polar surface area (TPSA) is 83.5 Å². The van der Waals surface area contributed by atoms with Gasteiger partial charge in [0.15, 0.2) is 0 Å². The van der Waals surface area contributed by atoms with E-state index in [1.165, 1.54) is 24.3 Å². The van der Waals surface area contributed by atoms with Crippen LogP contribution in [0.1, 0.15) is 10.4 Å². The lowest BCUT2D eigenvalue weighted by molar-refractivity contribution is 0.0697. The summed E-state index contributed by atoms with van der Waals surface area (Å²) >= 11 is 6.31. The largest absolute Gasteiger partial charge is 0.478 e. The third-order valence-corrected chi connectivity index (χ3v) is 8.92. The van der Waals surface area contributed by atoms with Crippen LogP contribution in [-0.2, 0) is 10.0 Å². The predicted molar refractivity (Wildman–Crippen MR) is 109 cm³/mol. The quantitative estimate of drug-likeness (QED) is 0.386. The summed E-state index contributed by atoms with van der Waals surface area (Å²) in [5, 5.41) is 8.95. The molecule has 22 heavy (non-hydrogen) atoms. The van der Waals surface area contributed by atoms with Gasteiger partial charge in [-0.1, -0.05) is 6.07 Å². The van der Waals surface area contributed by atoms with Crippen LogP contribution in [0.25, 0.3) is 0 Å². The number of carbonyl (C=O) groups is 1. The van der Waals surface area contributed by atoms with Gasteiger partial charge in [0.25, 0.3) is 10.0 Å². The molecule has 5 nitrogen and oxygen atoms in total. The lowest BCUT2D eigenvalue weighted by Crippen LogP contribution is -2.14. The minimum absolute atomic E-state index is 0.0203. The molecule has 0 spiro atoms. The van der Waals surface area contributed by atoms with Gasteiger partial charge in [-0.25, -0.2) is 13.2 Å². The number of rotatable bonds is 4. The number of carboxylic acid groups (broad SMARTS) is 1. The van der Waals surface area contributed by atoms with Crippen LogP contribution in [0.4, 0.5) is 5.69 Å². The highest BCUT2D eigenvalue weighted by atomic mass is 127. The second-order valence-electron chi connectivity index (χ2n) is 4.19. The highest BCUT2D eigenvalue weighted by Gasteiger charge is 2.18. The van der Waals surface area contributed by atoms with Gasteiger partial charge in [-0.15, -0.1) is 0 Å². The van der Waals surface area contributed by atoms with E-state index in [0.29, 0.717) is 0 Å².